The average molecular weight is 246 g/mol. The van der Waals surface area contributed by atoms with Gasteiger partial charge in [-0.25, -0.2) is 0 Å². The molecule has 0 aliphatic heterocycles. The van der Waals surface area contributed by atoms with Crippen LogP contribution in [0.15, 0.2) is 24.3 Å². The summed E-state index contributed by atoms with van der Waals surface area (Å²) in [7, 11) is 0. The number of rotatable bonds is 6. The molecule has 1 rings (SSSR count). The molecule has 3 nitrogen and oxygen atoms in total. The van der Waals surface area contributed by atoms with E-state index >= 15 is 0 Å². The molecule has 0 saturated carbocycles. The maximum Gasteiger partial charge on any atom is 0.119 e. The van der Waals surface area contributed by atoms with Crippen LogP contribution < -0.4 is 10.1 Å². The van der Waals surface area contributed by atoms with E-state index in [1.165, 1.54) is 5.56 Å². The second-order valence-electron chi connectivity index (χ2n) is 5.41. The molecule has 0 radical (unpaired) electrons. The van der Waals surface area contributed by atoms with E-state index in [2.05, 4.69) is 11.4 Å². The van der Waals surface area contributed by atoms with Gasteiger partial charge in [-0.15, -0.1) is 0 Å². The monoisotopic (exact) mass is 246 g/mol. The maximum atomic E-state index is 8.90. The molecule has 0 aliphatic rings. The van der Waals surface area contributed by atoms with Crippen molar-refractivity contribution in [2.24, 2.45) is 5.41 Å². The van der Waals surface area contributed by atoms with E-state index in [4.69, 9.17) is 10.00 Å². The number of ether oxygens (including phenoxy) is 1. The highest BCUT2D eigenvalue weighted by molar-refractivity contribution is 5.27. The summed E-state index contributed by atoms with van der Waals surface area (Å²) in [6.07, 6.45) is 0.199. The molecular weight excluding hydrogens is 224 g/mol. The first-order valence-electron chi connectivity index (χ1n) is 6.30. The Kier molecular flexibility index (Phi) is 5.18. The zero-order valence-corrected chi connectivity index (χ0v) is 11.7. The number of hydrogen-bond donors (Lipinski definition) is 1. The Morgan fingerprint density at radius 2 is 1.89 bits per heavy atom. The highest BCUT2D eigenvalue weighted by atomic mass is 16.5. The summed E-state index contributed by atoms with van der Waals surface area (Å²) < 4.78 is 5.58. The van der Waals surface area contributed by atoms with Gasteiger partial charge in [0.25, 0.3) is 0 Å². The standard InChI is InChI=1S/C15H22N2O/c1-12(2)18-14-7-5-13(6-8-14)9-17-11-15(3,4)10-16/h5-8,12,17H,9,11H2,1-4H3. The number of benzene rings is 1. The van der Waals surface area contributed by atoms with Crippen LogP contribution in [0.2, 0.25) is 0 Å². The van der Waals surface area contributed by atoms with Crippen molar-refractivity contribution in [2.75, 3.05) is 6.54 Å². The molecule has 1 aromatic rings. The summed E-state index contributed by atoms with van der Waals surface area (Å²) in [5.74, 6) is 0.895. The van der Waals surface area contributed by atoms with E-state index in [9.17, 15) is 0 Å². The van der Waals surface area contributed by atoms with Gasteiger partial charge in [-0.3, -0.25) is 0 Å². The van der Waals surface area contributed by atoms with Gasteiger partial charge in [-0.2, -0.15) is 5.26 Å². The smallest absolute Gasteiger partial charge is 0.119 e. The number of nitriles is 1. The fourth-order valence-electron chi connectivity index (χ4n) is 1.52. The van der Waals surface area contributed by atoms with Gasteiger partial charge in [0.1, 0.15) is 5.75 Å². The lowest BCUT2D eigenvalue weighted by molar-refractivity contribution is 0.242. The van der Waals surface area contributed by atoms with Gasteiger partial charge in [-0.05, 0) is 45.4 Å². The zero-order valence-electron chi connectivity index (χ0n) is 11.7. The van der Waals surface area contributed by atoms with Gasteiger partial charge >= 0.3 is 0 Å². The van der Waals surface area contributed by atoms with Crippen LogP contribution in [0.25, 0.3) is 0 Å². The third-order valence-electron chi connectivity index (χ3n) is 2.49. The lowest BCUT2D eigenvalue weighted by atomic mass is 9.96. The second-order valence-corrected chi connectivity index (χ2v) is 5.41. The van der Waals surface area contributed by atoms with Gasteiger partial charge in [0, 0.05) is 13.1 Å². The van der Waals surface area contributed by atoms with Crippen LogP contribution in [0.3, 0.4) is 0 Å². The molecule has 0 fully saturated rings. The molecule has 98 valence electrons. The molecule has 0 aliphatic carbocycles. The highest BCUT2D eigenvalue weighted by Gasteiger charge is 2.15. The third kappa shape index (κ3) is 5.20. The van der Waals surface area contributed by atoms with Crippen LogP contribution in [0.1, 0.15) is 33.3 Å². The number of nitrogens with one attached hydrogen (secondary N) is 1. The zero-order chi connectivity index (χ0) is 13.6. The average Bonchev–Trinajstić information content (AvgIpc) is 2.30. The third-order valence-corrected chi connectivity index (χ3v) is 2.49. The maximum absolute atomic E-state index is 8.90. The predicted octanol–water partition coefficient (Wildman–Crippen LogP) is 3.11. The summed E-state index contributed by atoms with van der Waals surface area (Å²) in [5.41, 5.74) is 0.876. The second kappa shape index (κ2) is 6.42. The summed E-state index contributed by atoms with van der Waals surface area (Å²) in [6, 6.07) is 10.3. The molecule has 1 aromatic carbocycles. The van der Waals surface area contributed by atoms with Crippen LogP contribution in [-0.4, -0.2) is 12.6 Å². The minimum absolute atomic E-state index is 0.199. The normalized spacial score (nSPS) is 11.3. The quantitative estimate of drug-likeness (QED) is 0.838. The molecule has 0 atom stereocenters. The van der Waals surface area contributed by atoms with Gasteiger partial charge in [0.15, 0.2) is 0 Å². The van der Waals surface area contributed by atoms with E-state index in [-0.39, 0.29) is 11.5 Å². The Morgan fingerprint density at radius 1 is 1.28 bits per heavy atom. The Hall–Kier alpha value is -1.53. The molecule has 0 spiro atoms. The Balaban J connectivity index is 2.43. The molecule has 0 unspecified atom stereocenters. The van der Waals surface area contributed by atoms with Gasteiger partial charge < -0.3 is 10.1 Å². The van der Waals surface area contributed by atoms with E-state index in [0.29, 0.717) is 6.54 Å². The van der Waals surface area contributed by atoms with Crippen molar-refractivity contribution in [1.29, 1.82) is 5.26 Å². The molecule has 0 amide bonds. The minimum atomic E-state index is -0.319. The van der Waals surface area contributed by atoms with Gasteiger partial charge in [-0.1, -0.05) is 12.1 Å². The van der Waals surface area contributed by atoms with Crippen LogP contribution in [0, 0.1) is 16.7 Å². The Morgan fingerprint density at radius 3 is 2.39 bits per heavy atom. The minimum Gasteiger partial charge on any atom is -0.491 e. The van der Waals surface area contributed by atoms with Gasteiger partial charge in [0.2, 0.25) is 0 Å². The molecule has 0 aromatic heterocycles. The Bertz CT molecular complexity index is 401. The first kappa shape index (κ1) is 14.5. The number of hydrogen-bond acceptors (Lipinski definition) is 3. The van der Waals surface area contributed by atoms with E-state index < -0.39 is 0 Å². The van der Waals surface area contributed by atoms with Crippen LogP contribution >= 0.6 is 0 Å². The largest absolute Gasteiger partial charge is 0.491 e. The molecule has 18 heavy (non-hydrogen) atoms. The van der Waals surface area contributed by atoms with Crippen molar-refractivity contribution in [3.8, 4) is 11.8 Å². The fourth-order valence-corrected chi connectivity index (χ4v) is 1.52. The lowest BCUT2D eigenvalue weighted by Gasteiger charge is -2.16. The SMILES string of the molecule is CC(C)Oc1ccc(CNCC(C)(C)C#N)cc1. The molecule has 3 heteroatoms. The molecule has 0 bridgehead atoms. The van der Waals surface area contributed by atoms with Crippen LogP contribution in [-0.2, 0) is 6.54 Å². The first-order valence-corrected chi connectivity index (χ1v) is 6.30. The lowest BCUT2D eigenvalue weighted by Crippen LogP contribution is -2.27. The summed E-state index contributed by atoms with van der Waals surface area (Å²) in [4.78, 5) is 0. The van der Waals surface area contributed by atoms with Crippen molar-refractivity contribution in [2.45, 2.75) is 40.3 Å². The molecule has 0 saturated heterocycles. The topological polar surface area (TPSA) is 45.0 Å². The van der Waals surface area contributed by atoms with Crippen LogP contribution in [0.5, 0.6) is 5.75 Å². The molecular formula is C15H22N2O. The number of nitrogens with zero attached hydrogens (tertiary/aromatic N) is 1. The van der Waals surface area contributed by atoms with E-state index in [1.54, 1.807) is 0 Å². The van der Waals surface area contributed by atoms with Crippen molar-refractivity contribution < 1.29 is 4.74 Å². The molecule has 0 heterocycles. The van der Waals surface area contributed by atoms with E-state index in [1.807, 2.05) is 52.0 Å². The van der Waals surface area contributed by atoms with Crippen molar-refractivity contribution in [3.63, 3.8) is 0 Å². The summed E-state index contributed by atoms with van der Waals surface area (Å²) >= 11 is 0. The first-order chi connectivity index (χ1) is 8.43. The van der Waals surface area contributed by atoms with Crippen molar-refractivity contribution >= 4 is 0 Å². The highest BCUT2D eigenvalue weighted by Crippen LogP contribution is 2.14. The van der Waals surface area contributed by atoms with Crippen LogP contribution in [0.4, 0.5) is 0 Å². The summed E-state index contributed by atoms with van der Waals surface area (Å²) in [6.45, 7) is 9.35. The molecule has 1 N–H and O–H groups in total. The van der Waals surface area contributed by atoms with E-state index in [0.717, 1.165) is 12.3 Å². The fraction of sp³-hybridized carbons (Fsp3) is 0.533. The summed E-state index contributed by atoms with van der Waals surface area (Å²) in [5, 5.41) is 12.2. The Labute approximate surface area is 110 Å². The van der Waals surface area contributed by atoms with Crippen molar-refractivity contribution in [3.05, 3.63) is 29.8 Å². The van der Waals surface area contributed by atoms with Gasteiger partial charge in [0.05, 0.1) is 17.6 Å². The van der Waals surface area contributed by atoms with Crippen molar-refractivity contribution in [1.82, 2.24) is 5.32 Å². The predicted molar refractivity (Wildman–Crippen MR) is 73.3 cm³/mol.